The van der Waals surface area contributed by atoms with Gasteiger partial charge in [0.05, 0.1) is 19.3 Å². The van der Waals surface area contributed by atoms with E-state index < -0.39 is 6.09 Å². The molecule has 3 N–H and O–H groups in total. The molecule has 1 aliphatic heterocycles. The predicted molar refractivity (Wildman–Crippen MR) is 93.5 cm³/mol. The number of urea groups is 1. The van der Waals surface area contributed by atoms with Crippen molar-refractivity contribution in [1.29, 1.82) is 0 Å². The van der Waals surface area contributed by atoms with Gasteiger partial charge in [-0.1, -0.05) is 0 Å². The molecule has 8 heteroatoms. The zero-order valence-electron chi connectivity index (χ0n) is 14.0. The molecule has 0 fully saturated rings. The van der Waals surface area contributed by atoms with Crippen LogP contribution >= 0.6 is 0 Å². The number of nitrogens with one attached hydrogen (secondary N) is 3. The minimum atomic E-state index is -0.541. The highest BCUT2D eigenvalue weighted by atomic mass is 16.5. The zero-order valence-corrected chi connectivity index (χ0v) is 14.0. The number of amides is 3. The van der Waals surface area contributed by atoms with Crippen molar-refractivity contribution in [2.75, 3.05) is 17.7 Å². The van der Waals surface area contributed by atoms with Crippen LogP contribution in [0.3, 0.4) is 0 Å². The number of aryl methyl sites for hydroxylation is 2. The van der Waals surface area contributed by atoms with Crippen molar-refractivity contribution < 1.29 is 14.3 Å². The van der Waals surface area contributed by atoms with Crippen LogP contribution in [-0.4, -0.2) is 28.8 Å². The number of fused-ring (bicyclic) bond motifs is 1. The number of carbonyl (C=O) groups excluding carboxylic acids is 2. The van der Waals surface area contributed by atoms with Gasteiger partial charge >= 0.3 is 12.1 Å². The number of aromatic nitrogens is 2. The van der Waals surface area contributed by atoms with Gasteiger partial charge < -0.3 is 19.9 Å². The molecule has 0 saturated carbocycles. The molecule has 3 amide bonds. The summed E-state index contributed by atoms with van der Waals surface area (Å²) in [7, 11) is 1.30. The first-order chi connectivity index (χ1) is 12.1. The van der Waals surface area contributed by atoms with E-state index in [1.807, 2.05) is 6.20 Å². The molecule has 3 rings (SSSR count). The van der Waals surface area contributed by atoms with E-state index in [4.69, 9.17) is 0 Å². The van der Waals surface area contributed by atoms with E-state index in [0.29, 0.717) is 17.9 Å². The lowest BCUT2D eigenvalue weighted by molar-refractivity contribution is 0.187. The van der Waals surface area contributed by atoms with Gasteiger partial charge in [0.1, 0.15) is 5.82 Å². The normalized spacial score (nSPS) is 12.8. The summed E-state index contributed by atoms with van der Waals surface area (Å²) in [6.07, 6.45) is 4.81. The number of carbonyl (C=O) groups is 2. The van der Waals surface area contributed by atoms with Crippen LogP contribution in [0.1, 0.15) is 24.4 Å². The summed E-state index contributed by atoms with van der Waals surface area (Å²) in [5.74, 6) is 1.09. The van der Waals surface area contributed by atoms with Crippen molar-refractivity contribution in [1.82, 2.24) is 14.9 Å². The van der Waals surface area contributed by atoms with E-state index in [2.05, 4.69) is 30.2 Å². The Morgan fingerprint density at radius 1 is 1.16 bits per heavy atom. The summed E-state index contributed by atoms with van der Waals surface area (Å²) in [5.41, 5.74) is 2.07. The third-order valence-corrected chi connectivity index (χ3v) is 3.96. The molecule has 2 heterocycles. The van der Waals surface area contributed by atoms with Gasteiger partial charge in [0, 0.05) is 30.5 Å². The maximum atomic E-state index is 12.0. The molecule has 8 nitrogen and oxygen atoms in total. The topological polar surface area (TPSA) is 97.3 Å². The minimum absolute atomic E-state index is 0.306. The van der Waals surface area contributed by atoms with Gasteiger partial charge in [-0.3, -0.25) is 5.32 Å². The standard InChI is InChI=1S/C17H21N5O3/c1-25-17(24)21-13-7-5-12(6-8-13)20-16(23)18-10-14-11-22-9-3-2-4-15(22)19-14/h5-8,11H,2-4,9-10H2,1H3,(H,21,24)(H2,18,20,23). The van der Waals surface area contributed by atoms with Gasteiger partial charge in [0.25, 0.3) is 0 Å². The highest BCUT2D eigenvalue weighted by Crippen LogP contribution is 2.15. The molecule has 1 aromatic carbocycles. The summed E-state index contributed by atoms with van der Waals surface area (Å²) in [4.78, 5) is 27.7. The van der Waals surface area contributed by atoms with Crippen LogP contribution in [0.5, 0.6) is 0 Å². The number of hydrogen-bond acceptors (Lipinski definition) is 4. The average Bonchev–Trinajstić information content (AvgIpc) is 3.04. The number of rotatable bonds is 4. The molecule has 1 aliphatic rings. The number of ether oxygens (including phenoxy) is 1. The average molecular weight is 343 g/mol. The van der Waals surface area contributed by atoms with Crippen molar-refractivity contribution in [3.63, 3.8) is 0 Å². The Hall–Kier alpha value is -3.03. The number of methoxy groups -OCH3 is 1. The second-order valence-corrected chi connectivity index (χ2v) is 5.80. The Bertz CT molecular complexity index is 731. The molecule has 0 saturated heterocycles. The van der Waals surface area contributed by atoms with Crippen molar-refractivity contribution >= 4 is 23.5 Å². The molecular weight excluding hydrogens is 322 g/mol. The van der Waals surface area contributed by atoms with Crippen LogP contribution in [-0.2, 0) is 24.2 Å². The number of benzene rings is 1. The van der Waals surface area contributed by atoms with Gasteiger partial charge in [0.15, 0.2) is 0 Å². The molecule has 0 aliphatic carbocycles. The number of imidazole rings is 1. The van der Waals surface area contributed by atoms with Crippen molar-refractivity contribution in [3.05, 3.63) is 42.0 Å². The smallest absolute Gasteiger partial charge is 0.411 e. The Balaban J connectivity index is 1.49. The van der Waals surface area contributed by atoms with E-state index >= 15 is 0 Å². The minimum Gasteiger partial charge on any atom is -0.453 e. The highest BCUT2D eigenvalue weighted by Gasteiger charge is 2.12. The molecule has 0 bridgehead atoms. The Morgan fingerprint density at radius 2 is 1.88 bits per heavy atom. The Labute approximate surface area is 145 Å². The molecule has 2 aromatic rings. The van der Waals surface area contributed by atoms with Gasteiger partial charge in [0.2, 0.25) is 0 Å². The third-order valence-electron chi connectivity index (χ3n) is 3.96. The fourth-order valence-corrected chi connectivity index (χ4v) is 2.71. The maximum absolute atomic E-state index is 12.0. The first kappa shape index (κ1) is 16.8. The van der Waals surface area contributed by atoms with Gasteiger partial charge in [-0.05, 0) is 37.1 Å². The highest BCUT2D eigenvalue weighted by molar-refractivity contribution is 5.90. The van der Waals surface area contributed by atoms with Crippen LogP contribution in [0.15, 0.2) is 30.5 Å². The second-order valence-electron chi connectivity index (χ2n) is 5.80. The summed E-state index contributed by atoms with van der Waals surface area (Å²) < 4.78 is 6.67. The monoisotopic (exact) mass is 343 g/mol. The van der Waals surface area contributed by atoms with Gasteiger partial charge in [-0.15, -0.1) is 0 Å². The first-order valence-corrected chi connectivity index (χ1v) is 8.19. The van der Waals surface area contributed by atoms with Gasteiger partial charge in [-0.2, -0.15) is 0 Å². The van der Waals surface area contributed by atoms with Crippen LogP contribution in [0.4, 0.5) is 21.0 Å². The van der Waals surface area contributed by atoms with E-state index in [0.717, 1.165) is 24.5 Å². The lowest BCUT2D eigenvalue weighted by Gasteiger charge is -2.11. The lowest BCUT2D eigenvalue weighted by Crippen LogP contribution is -2.28. The Morgan fingerprint density at radius 3 is 2.56 bits per heavy atom. The summed E-state index contributed by atoms with van der Waals surface area (Å²) in [6, 6.07) is 6.44. The number of nitrogens with zero attached hydrogens (tertiary/aromatic N) is 2. The van der Waals surface area contributed by atoms with Gasteiger partial charge in [-0.25, -0.2) is 14.6 Å². The van der Waals surface area contributed by atoms with Crippen molar-refractivity contribution in [3.8, 4) is 0 Å². The maximum Gasteiger partial charge on any atom is 0.411 e. The number of hydrogen-bond donors (Lipinski definition) is 3. The van der Waals surface area contributed by atoms with Crippen LogP contribution < -0.4 is 16.0 Å². The summed E-state index contributed by atoms with van der Waals surface area (Å²) >= 11 is 0. The van der Waals surface area contributed by atoms with E-state index in [9.17, 15) is 9.59 Å². The summed E-state index contributed by atoms with van der Waals surface area (Å²) in [5, 5.41) is 8.08. The second kappa shape index (κ2) is 7.69. The zero-order chi connectivity index (χ0) is 17.6. The predicted octanol–water partition coefficient (Wildman–Crippen LogP) is 2.72. The fourth-order valence-electron chi connectivity index (χ4n) is 2.71. The molecule has 132 valence electrons. The Kier molecular flexibility index (Phi) is 5.17. The van der Waals surface area contributed by atoms with Crippen molar-refractivity contribution in [2.24, 2.45) is 0 Å². The quantitative estimate of drug-likeness (QED) is 0.795. The lowest BCUT2D eigenvalue weighted by atomic mass is 10.2. The van der Waals surface area contributed by atoms with E-state index in [-0.39, 0.29) is 6.03 Å². The molecule has 0 unspecified atom stereocenters. The van der Waals surface area contributed by atoms with Crippen molar-refractivity contribution in [2.45, 2.75) is 32.4 Å². The number of anilines is 2. The summed E-state index contributed by atoms with van der Waals surface area (Å²) in [6.45, 7) is 1.38. The SMILES string of the molecule is COC(=O)Nc1ccc(NC(=O)NCc2cn3c(n2)CCCC3)cc1. The molecule has 25 heavy (non-hydrogen) atoms. The molecule has 0 atom stereocenters. The molecule has 1 aromatic heterocycles. The van der Waals surface area contributed by atoms with Crippen LogP contribution in [0, 0.1) is 0 Å². The van der Waals surface area contributed by atoms with Crippen LogP contribution in [0.25, 0.3) is 0 Å². The van der Waals surface area contributed by atoms with Crippen LogP contribution in [0.2, 0.25) is 0 Å². The third kappa shape index (κ3) is 4.50. The first-order valence-electron chi connectivity index (χ1n) is 8.19. The van der Waals surface area contributed by atoms with E-state index in [1.165, 1.54) is 20.0 Å². The molecule has 0 radical (unpaired) electrons. The molecular formula is C17H21N5O3. The van der Waals surface area contributed by atoms with E-state index in [1.54, 1.807) is 24.3 Å². The molecule has 0 spiro atoms. The fraction of sp³-hybridized carbons (Fsp3) is 0.353. The largest absolute Gasteiger partial charge is 0.453 e.